The van der Waals surface area contributed by atoms with Crippen LogP contribution in [0.3, 0.4) is 0 Å². The number of sulfonamides is 1. The molecule has 0 aliphatic carbocycles. The second-order valence-electron chi connectivity index (χ2n) is 5.68. The van der Waals surface area contributed by atoms with Gasteiger partial charge in [0.25, 0.3) is 10.0 Å². The van der Waals surface area contributed by atoms with Crippen LogP contribution < -0.4 is 4.72 Å². The van der Waals surface area contributed by atoms with Crippen molar-refractivity contribution in [3.63, 3.8) is 0 Å². The van der Waals surface area contributed by atoms with E-state index in [0.717, 1.165) is 0 Å². The van der Waals surface area contributed by atoms with E-state index in [0.29, 0.717) is 23.5 Å². The highest BCUT2D eigenvalue weighted by molar-refractivity contribution is 7.92. The molecular formula is C16H17ClFN5O2S. The van der Waals surface area contributed by atoms with Gasteiger partial charge in [-0.2, -0.15) is 10.2 Å². The van der Waals surface area contributed by atoms with Crippen molar-refractivity contribution < 1.29 is 12.8 Å². The molecule has 0 saturated carbocycles. The molecule has 1 N–H and O–H groups in total. The maximum absolute atomic E-state index is 13.1. The normalized spacial score (nSPS) is 11.7. The number of hydrogen-bond acceptors (Lipinski definition) is 4. The molecule has 3 aromatic rings. The SMILES string of the molecule is CCn1ncc(S(=O)(=O)Nc2cnn(Cc3ccc(F)cc3Cl)c2)c1C. The number of hydrogen-bond donors (Lipinski definition) is 1. The van der Waals surface area contributed by atoms with E-state index in [1.165, 1.54) is 35.4 Å². The molecule has 138 valence electrons. The number of rotatable bonds is 6. The second kappa shape index (κ2) is 7.08. The first-order valence-electron chi connectivity index (χ1n) is 7.81. The van der Waals surface area contributed by atoms with Crippen molar-refractivity contribution in [2.75, 3.05) is 4.72 Å². The third kappa shape index (κ3) is 3.73. The number of nitrogens with one attached hydrogen (secondary N) is 1. The van der Waals surface area contributed by atoms with Gasteiger partial charge >= 0.3 is 0 Å². The number of aromatic nitrogens is 4. The van der Waals surface area contributed by atoms with Crippen LogP contribution >= 0.6 is 11.6 Å². The fourth-order valence-electron chi connectivity index (χ4n) is 2.55. The van der Waals surface area contributed by atoms with E-state index in [-0.39, 0.29) is 16.5 Å². The van der Waals surface area contributed by atoms with Crippen LogP contribution in [0.25, 0.3) is 0 Å². The van der Waals surface area contributed by atoms with E-state index < -0.39 is 15.8 Å². The molecule has 1 aromatic carbocycles. The lowest BCUT2D eigenvalue weighted by Gasteiger charge is -2.06. The Balaban J connectivity index is 1.78. The molecule has 0 amide bonds. The number of benzene rings is 1. The smallest absolute Gasteiger partial charge is 0.265 e. The summed E-state index contributed by atoms with van der Waals surface area (Å²) in [6, 6.07) is 4.09. The molecule has 0 fully saturated rings. The minimum absolute atomic E-state index is 0.119. The summed E-state index contributed by atoms with van der Waals surface area (Å²) >= 11 is 6.00. The molecule has 7 nitrogen and oxygen atoms in total. The fourth-order valence-corrected chi connectivity index (χ4v) is 3.98. The van der Waals surface area contributed by atoms with Crippen molar-refractivity contribution in [1.82, 2.24) is 19.6 Å². The predicted octanol–water partition coefficient (Wildman–Crippen LogP) is 3.05. The summed E-state index contributed by atoms with van der Waals surface area (Å²) in [5.41, 5.74) is 1.54. The lowest BCUT2D eigenvalue weighted by molar-refractivity contribution is 0.598. The summed E-state index contributed by atoms with van der Waals surface area (Å²) < 4.78 is 43.8. The molecule has 26 heavy (non-hydrogen) atoms. The first-order chi connectivity index (χ1) is 12.3. The monoisotopic (exact) mass is 397 g/mol. The average molecular weight is 398 g/mol. The number of anilines is 1. The largest absolute Gasteiger partial charge is 0.276 e. The second-order valence-corrected chi connectivity index (χ2v) is 7.74. The van der Waals surface area contributed by atoms with Crippen LogP contribution in [0.2, 0.25) is 5.02 Å². The van der Waals surface area contributed by atoms with Gasteiger partial charge in [0.2, 0.25) is 0 Å². The van der Waals surface area contributed by atoms with Gasteiger partial charge in [0, 0.05) is 17.8 Å². The minimum atomic E-state index is -3.77. The summed E-state index contributed by atoms with van der Waals surface area (Å²) in [5, 5.41) is 8.45. The number of aryl methyl sites for hydroxylation is 1. The minimum Gasteiger partial charge on any atom is -0.276 e. The van der Waals surface area contributed by atoms with Crippen molar-refractivity contribution in [3.05, 3.63) is 58.9 Å². The highest BCUT2D eigenvalue weighted by Crippen LogP contribution is 2.21. The Labute approximate surface area is 155 Å². The maximum atomic E-state index is 13.1. The van der Waals surface area contributed by atoms with Gasteiger partial charge in [-0.1, -0.05) is 17.7 Å². The molecule has 0 spiro atoms. The Kier molecular flexibility index (Phi) is 5.01. The van der Waals surface area contributed by atoms with Gasteiger partial charge in [-0.25, -0.2) is 12.8 Å². The van der Waals surface area contributed by atoms with Crippen molar-refractivity contribution in [2.24, 2.45) is 0 Å². The van der Waals surface area contributed by atoms with Crippen molar-refractivity contribution in [2.45, 2.75) is 31.8 Å². The zero-order valence-corrected chi connectivity index (χ0v) is 15.7. The zero-order chi connectivity index (χ0) is 18.9. The molecule has 0 aliphatic heterocycles. The van der Waals surface area contributed by atoms with E-state index >= 15 is 0 Å². The predicted molar refractivity (Wildman–Crippen MR) is 96.2 cm³/mol. The third-order valence-electron chi connectivity index (χ3n) is 3.88. The first kappa shape index (κ1) is 18.4. The van der Waals surface area contributed by atoms with E-state index in [1.54, 1.807) is 17.7 Å². The Morgan fingerprint density at radius 1 is 1.27 bits per heavy atom. The van der Waals surface area contributed by atoms with Crippen LogP contribution in [-0.2, 0) is 23.1 Å². The lowest BCUT2D eigenvalue weighted by atomic mass is 10.2. The fraction of sp³-hybridized carbons (Fsp3) is 0.250. The maximum Gasteiger partial charge on any atom is 0.265 e. The van der Waals surface area contributed by atoms with E-state index in [9.17, 15) is 12.8 Å². The van der Waals surface area contributed by atoms with Gasteiger partial charge in [0.1, 0.15) is 10.7 Å². The number of halogens is 2. The Hall–Kier alpha value is -2.39. The van der Waals surface area contributed by atoms with Crippen LogP contribution in [0, 0.1) is 12.7 Å². The van der Waals surface area contributed by atoms with Gasteiger partial charge < -0.3 is 0 Å². The van der Waals surface area contributed by atoms with Crippen molar-refractivity contribution in [3.8, 4) is 0 Å². The van der Waals surface area contributed by atoms with E-state index in [2.05, 4.69) is 14.9 Å². The molecule has 10 heteroatoms. The molecular weight excluding hydrogens is 381 g/mol. The molecule has 2 aromatic heterocycles. The topological polar surface area (TPSA) is 81.8 Å². The van der Waals surface area contributed by atoms with Gasteiger partial charge in [0.15, 0.2) is 0 Å². The summed E-state index contributed by atoms with van der Waals surface area (Å²) in [7, 11) is -3.77. The van der Waals surface area contributed by atoms with E-state index in [4.69, 9.17) is 11.6 Å². The summed E-state index contributed by atoms with van der Waals surface area (Å²) in [5.74, 6) is -0.421. The Morgan fingerprint density at radius 2 is 2.04 bits per heavy atom. The van der Waals surface area contributed by atoms with Crippen molar-refractivity contribution >= 4 is 27.3 Å². The highest BCUT2D eigenvalue weighted by Gasteiger charge is 2.21. The van der Waals surface area contributed by atoms with Crippen LogP contribution in [0.15, 0.2) is 41.7 Å². The summed E-state index contributed by atoms with van der Waals surface area (Å²) in [6.07, 6.45) is 4.26. The van der Waals surface area contributed by atoms with Gasteiger partial charge in [-0.05, 0) is 31.5 Å². The van der Waals surface area contributed by atoms with Gasteiger partial charge in [-0.15, -0.1) is 0 Å². The van der Waals surface area contributed by atoms with Gasteiger partial charge in [-0.3, -0.25) is 14.1 Å². The quantitative estimate of drug-likeness (QED) is 0.693. The third-order valence-corrected chi connectivity index (χ3v) is 5.72. The highest BCUT2D eigenvalue weighted by atomic mass is 35.5. The molecule has 0 radical (unpaired) electrons. The standard InChI is InChI=1S/C16H17ClFN5O2S/c1-3-23-11(2)16(8-20-23)26(24,25)21-14-7-19-22(10-14)9-12-4-5-13(18)6-15(12)17/h4-8,10,21H,3,9H2,1-2H3. The molecule has 0 aliphatic rings. The van der Waals surface area contributed by atoms with Gasteiger partial charge in [0.05, 0.1) is 30.3 Å². The van der Waals surface area contributed by atoms with E-state index in [1.807, 2.05) is 6.92 Å². The lowest BCUT2D eigenvalue weighted by Crippen LogP contribution is -2.13. The number of nitrogens with zero attached hydrogens (tertiary/aromatic N) is 4. The Bertz CT molecular complexity index is 1040. The van der Waals surface area contributed by atoms with Crippen molar-refractivity contribution in [1.29, 1.82) is 0 Å². The summed E-state index contributed by atoms with van der Waals surface area (Å²) in [6.45, 7) is 4.45. The van der Waals surface area contributed by atoms with Crippen LogP contribution in [0.1, 0.15) is 18.2 Å². The van der Waals surface area contributed by atoms with Crippen LogP contribution in [0.5, 0.6) is 0 Å². The molecule has 2 heterocycles. The molecule has 0 unspecified atom stereocenters. The average Bonchev–Trinajstić information content (AvgIpc) is 3.16. The molecule has 0 atom stereocenters. The molecule has 0 saturated heterocycles. The zero-order valence-electron chi connectivity index (χ0n) is 14.1. The Morgan fingerprint density at radius 3 is 2.69 bits per heavy atom. The van der Waals surface area contributed by atoms with Crippen LogP contribution in [0.4, 0.5) is 10.1 Å². The van der Waals surface area contributed by atoms with Crippen LogP contribution in [-0.4, -0.2) is 28.0 Å². The summed E-state index contributed by atoms with van der Waals surface area (Å²) in [4.78, 5) is 0.119. The molecule has 3 rings (SSSR count). The molecule has 0 bridgehead atoms. The first-order valence-corrected chi connectivity index (χ1v) is 9.68.